The molecule has 2 N–H and O–H groups in total. The Morgan fingerprint density at radius 2 is 2.10 bits per heavy atom. The molecule has 0 atom stereocenters. The summed E-state index contributed by atoms with van der Waals surface area (Å²) in [4.78, 5) is 15.0. The molecular formula is C16H16N2O3. The molecule has 0 saturated heterocycles. The van der Waals surface area contributed by atoms with Crippen molar-refractivity contribution >= 4 is 12.0 Å². The maximum atomic E-state index is 11.0. The molecule has 1 aromatic carbocycles. The molecule has 0 aliphatic rings. The number of rotatable bonds is 5. The van der Waals surface area contributed by atoms with Gasteiger partial charge in [-0.05, 0) is 42.3 Å². The van der Waals surface area contributed by atoms with Crippen LogP contribution in [-0.4, -0.2) is 18.0 Å². The number of benzene rings is 1. The number of carbonyl (C=O) groups is 1. The topological polar surface area (TPSA) is 74.4 Å². The lowest BCUT2D eigenvalue weighted by atomic mass is 10.1. The molecular weight excluding hydrogens is 268 g/mol. The highest BCUT2D eigenvalue weighted by Gasteiger charge is 2.05. The molecule has 0 saturated carbocycles. The Morgan fingerprint density at radius 1 is 1.29 bits per heavy atom. The highest BCUT2D eigenvalue weighted by molar-refractivity contribution is 5.92. The summed E-state index contributed by atoms with van der Waals surface area (Å²) in [5.74, 6) is 0.590. The van der Waals surface area contributed by atoms with Gasteiger partial charge in [0.1, 0.15) is 5.75 Å². The summed E-state index contributed by atoms with van der Waals surface area (Å²) in [6.07, 6.45) is 4.86. The number of ether oxygens (including phenoxy) is 2. The fourth-order valence-electron chi connectivity index (χ4n) is 1.74. The van der Waals surface area contributed by atoms with E-state index >= 15 is 0 Å². The molecule has 5 nitrogen and oxygen atoms in total. The first-order chi connectivity index (χ1) is 10.1. The van der Waals surface area contributed by atoms with Crippen LogP contribution in [-0.2, 0) is 4.74 Å². The molecule has 1 heterocycles. The Hall–Kier alpha value is -2.82. The van der Waals surface area contributed by atoms with Gasteiger partial charge in [-0.1, -0.05) is 6.07 Å². The van der Waals surface area contributed by atoms with Gasteiger partial charge in [0.15, 0.2) is 0 Å². The van der Waals surface area contributed by atoms with E-state index in [-0.39, 0.29) is 0 Å². The van der Waals surface area contributed by atoms with Crippen LogP contribution in [0, 0.1) is 6.92 Å². The van der Waals surface area contributed by atoms with Crippen molar-refractivity contribution in [1.82, 2.24) is 4.98 Å². The second-order valence-corrected chi connectivity index (χ2v) is 4.41. The first kappa shape index (κ1) is 14.6. The minimum Gasteiger partial charge on any atom is -0.504 e. The first-order valence-electron chi connectivity index (χ1n) is 6.34. The Balaban J connectivity index is 2.15. The van der Waals surface area contributed by atoms with Crippen LogP contribution < -0.4 is 10.5 Å². The van der Waals surface area contributed by atoms with Crippen LogP contribution in [0.1, 0.15) is 21.5 Å². The van der Waals surface area contributed by atoms with Gasteiger partial charge in [-0.2, -0.15) is 0 Å². The standard InChI is InChI=1S/C16H16N2O3/c1-11-9-12(7-8-20-2)3-5-14(11)21-15-6-4-13(10-18-15)16(17)19/h3-10H,1-2H3,(H2,17,19). The number of aromatic nitrogens is 1. The molecule has 0 fully saturated rings. The monoisotopic (exact) mass is 284 g/mol. The van der Waals surface area contributed by atoms with Crippen molar-refractivity contribution in [3.63, 3.8) is 0 Å². The summed E-state index contributed by atoms with van der Waals surface area (Å²) in [5, 5.41) is 0. The zero-order chi connectivity index (χ0) is 15.2. The van der Waals surface area contributed by atoms with Gasteiger partial charge in [-0.3, -0.25) is 4.79 Å². The van der Waals surface area contributed by atoms with Gasteiger partial charge >= 0.3 is 0 Å². The number of nitrogens with two attached hydrogens (primary N) is 1. The van der Waals surface area contributed by atoms with Gasteiger partial charge in [0, 0.05) is 12.3 Å². The van der Waals surface area contributed by atoms with Crippen LogP contribution in [0.3, 0.4) is 0 Å². The van der Waals surface area contributed by atoms with Crippen LogP contribution in [0.4, 0.5) is 0 Å². The summed E-state index contributed by atoms with van der Waals surface area (Å²) in [5.41, 5.74) is 7.49. The first-order valence-corrected chi connectivity index (χ1v) is 6.34. The predicted molar refractivity (Wildman–Crippen MR) is 80.1 cm³/mol. The third kappa shape index (κ3) is 3.82. The summed E-state index contributed by atoms with van der Waals surface area (Å²) < 4.78 is 10.6. The molecule has 5 heteroatoms. The SMILES string of the molecule is COC=Cc1ccc(Oc2ccc(C(N)=O)cn2)c(C)c1. The fourth-order valence-corrected chi connectivity index (χ4v) is 1.74. The molecule has 21 heavy (non-hydrogen) atoms. The fraction of sp³-hybridized carbons (Fsp3) is 0.125. The molecule has 0 bridgehead atoms. The van der Waals surface area contributed by atoms with Crippen molar-refractivity contribution in [2.75, 3.05) is 7.11 Å². The number of amides is 1. The molecule has 2 rings (SSSR count). The minimum absolute atomic E-state index is 0.346. The zero-order valence-electron chi connectivity index (χ0n) is 11.9. The van der Waals surface area contributed by atoms with Crippen molar-refractivity contribution in [2.24, 2.45) is 5.73 Å². The van der Waals surface area contributed by atoms with E-state index in [0.717, 1.165) is 11.1 Å². The third-order valence-corrected chi connectivity index (χ3v) is 2.83. The van der Waals surface area contributed by atoms with Crippen molar-refractivity contribution in [3.05, 3.63) is 59.5 Å². The number of aryl methyl sites for hydroxylation is 1. The number of hydrogen-bond donors (Lipinski definition) is 1. The van der Waals surface area contributed by atoms with Gasteiger partial charge in [-0.15, -0.1) is 0 Å². The van der Waals surface area contributed by atoms with Crippen LogP contribution in [0.2, 0.25) is 0 Å². The molecule has 0 spiro atoms. The van der Waals surface area contributed by atoms with Crippen molar-refractivity contribution in [2.45, 2.75) is 6.92 Å². The lowest BCUT2D eigenvalue weighted by molar-refractivity contribution is 0.1000. The largest absolute Gasteiger partial charge is 0.504 e. The molecule has 108 valence electrons. The molecule has 1 aromatic heterocycles. The van der Waals surface area contributed by atoms with Crippen LogP contribution in [0.15, 0.2) is 42.8 Å². The summed E-state index contributed by atoms with van der Waals surface area (Å²) in [6.45, 7) is 1.94. The average Bonchev–Trinajstić information content (AvgIpc) is 2.48. The van der Waals surface area contributed by atoms with Gasteiger partial charge < -0.3 is 15.2 Å². The Morgan fingerprint density at radius 3 is 2.67 bits per heavy atom. The third-order valence-electron chi connectivity index (χ3n) is 2.83. The van der Waals surface area contributed by atoms with E-state index in [2.05, 4.69) is 4.98 Å². The van der Waals surface area contributed by atoms with E-state index in [0.29, 0.717) is 17.2 Å². The number of carbonyl (C=O) groups excluding carboxylic acids is 1. The second-order valence-electron chi connectivity index (χ2n) is 4.41. The van der Waals surface area contributed by atoms with Crippen molar-refractivity contribution in [1.29, 1.82) is 0 Å². The molecule has 1 amide bonds. The molecule has 0 unspecified atom stereocenters. The lowest BCUT2D eigenvalue weighted by Gasteiger charge is -2.08. The van der Waals surface area contributed by atoms with E-state index in [1.54, 1.807) is 25.5 Å². The summed E-state index contributed by atoms with van der Waals surface area (Å²) in [6, 6.07) is 8.93. The van der Waals surface area contributed by atoms with Crippen LogP contribution in [0.25, 0.3) is 6.08 Å². The minimum atomic E-state index is -0.514. The number of nitrogens with zero attached hydrogens (tertiary/aromatic N) is 1. The van der Waals surface area contributed by atoms with Crippen LogP contribution in [0.5, 0.6) is 11.6 Å². The summed E-state index contributed by atoms with van der Waals surface area (Å²) >= 11 is 0. The number of methoxy groups -OCH3 is 1. The van der Waals surface area contributed by atoms with Crippen molar-refractivity contribution < 1.29 is 14.3 Å². The molecule has 0 radical (unpaired) electrons. The maximum absolute atomic E-state index is 11.0. The van der Waals surface area contributed by atoms with Gasteiger partial charge in [0.25, 0.3) is 0 Å². The van der Waals surface area contributed by atoms with Crippen molar-refractivity contribution in [3.8, 4) is 11.6 Å². The smallest absolute Gasteiger partial charge is 0.250 e. The van der Waals surface area contributed by atoms with E-state index in [9.17, 15) is 4.79 Å². The highest BCUT2D eigenvalue weighted by Crippen LogP contribution is 2.25. The zero-order valence-corrected chi connectivity index (χ0v) is 11.9. The second kappa shape index (κ2) is 6.56. The Kier molecular flexibility index (Phi) is 4.56. The van der Waals surface area contributed by atoms with E-state index < -0.39 is 5.91 Å². The van der Waals surface area contributed by atoms with Gasteiger partial charge in [0.2, 0.25) is 11.8 Å². The average molecular weight is 284 g/mol. The quantitative estimate of drug-likeness (QED) is 0.857. The number of primary amides is 1. The maximum Gasteiger partial charge on any atom is 0.250 e. The van der Waals surface area contributed by atoms with Gasteiger partial charge in [-0.25, -0.2) is 4.98 Å². The Labute approximate surface area is 123 Å². The summed E-state index contributed by atoms with van der Waals surface area (Å²) in [7, 11) is 1.60. The highest BCUT2D eigenvalue weighted by atomic mass is 16.5. The van der Waals surface area contributed by atoms with Crippen LogP contribution >= 0.6 is 0 Å². The molecule has 0 aliphatic heterocycles. The predicted octanol–water partition coefficient (Wildman–Crippen LogP) is 2.90. The number of pyridine rings is 1. The van der Waals surface area contributed by atoms with E-state index in [4.69, 9.17) is 15.2 Å². The Bertz CT molecular complexity index is 664. The van der Waals surface area contributed by atoms with E-state index in [1.165, 1.54) is 6.20 Å². The molecule has 0 aliphatic carbocycles. The lowest BCUT2D eigenvalue weighted by Crippen LogP contribution is -2.10. The van der Waals surface area contributed by atoms with Gasteiger partial charge in [0.05, 0.1) is 18.9 Å². The number of hydrogen-bond acceptors (Lipinski definition) is 4. The molecule has 2 aromatic rings. The normalized spacial score (nSPS) is 10.6. The van der Waals surface area contributed by atoms with E-state index in [1.807, 2.05) is 31.2 Å².